The largest absolute Gasteiger partial charge is 0.299 e. The van der Waals surface area contributed by atoms with Crippen LogP contribution >= 0.6 is 12.4 Å². The van der Waals surface area contributed by atoms with Gasteiger partial charge < -0.3 is 0 Å². The lowest BCUT2D eigenvalue weighted by Gasteiger charge is -2.43. The maximum absolute atomic E-state index is 9.31. The standard InChI is InChI=1S/C25H29N5.ClH/c26-17-21-4-3-5-22(16-21)19-28-10-8-25(9-11-28)30-14-12-29(13-15-30)20-24-7-2-1-6-23(24)18-27;/h1-7,16,25H,8-15,19-20H2;1H. The molecule has 2 aliphatic rings. The first-order chi connectivity index (χ1) is 14.7. The third kappa shape index (κ3) is 6.06. The Balaban J connectivity index is 0.00000272. The number of hydrogen-bond donors (Lipinski definition) is 0. The second-order valence-electron chi connectivity index (χ2n) is 8.40. The van der Waals surface area contributed by atoms with E-state index in [1.807, 2.05) is 36.4 Å². The first-order valence-corrected chi connectivity index (χ1v) is 10.9. The fraction of sp³-hybridized carbons (Fsp3) is 0.440. The van der Waals surface area contributed by atoms with E-state index in [-0.39, 0.29) is 12.4 Å². The highest BCUT2D eigenvalue weighted by Crippen LogP contribution is 2.21. The zero-order chi connectivity index (χ0) is 20.8. The maximum atomic E-state index is 9.31. The number of benzene rings is 2. The lowest BCUT2D eigenvalue weighted by Crippen LogP contribution is -2.52. The second kappa shape index (κ2) is 11.3. The summed E-state index contributed by atoms with van der Waals surface area (Å²) in [5.74, 6) is 0. The molecule has 162 valence electrons. The van der Waals surface area contributed by atoms with Crippen LogP contribution in [0.1, 0.15) is 35.1 Å². The zero-order valence-corrected chi connectivity index (χ0v) is 18.7. The lowest BCUT2D eigenvalue weighted by molar-refractivity contribution is 0.0550. The number of hydrogen-bond acceptors (Lipinski definition) is 5. The van der Waals surface area contributed by atoms with Crippen molar-refractivity contribution < 1.29 is 0 Å². The second-order valence-corrected chi connectivity index (χ2v) is 8.40. The average Bonchev–Trinajstić information content (AvgIpc) is 2.81. The van der Waals surface area contributed by atoms with Gasteiger partial charge in [-0.05, 0) is 55.3 Å². The lowest BCUT2D eigenvalue weighted by atomic mass is 10.0. The molecule has 31 heavy (non-hydrogen) atoms. The number of nitriles is 2. The van der Waals surface area contributed by atoms with E-state index in [9.17, 15) is 5.26 Å². The first-order valence-electron chi connectivity index (χ1n) is 10.9. The smallest absolute Gasteiger partial charge is 0.0995 e. The maximum Gasteiger partial charge on any atom is 0.0995 e. The van der Waals surface area contributed by atoms with Crippen molar-refractivity contribution >= 4 is 12.4 Å². The van der Waals surface area contributed by atoms with Crippen LogP contribution in [0.3, 0.4) is 0 Å². The van der Waals surface area contributed by atoms with Crippen molar-refractivity contribution in [3.05, 3.63) is 70.8 Å². The molecule has 0 aliphatic carbocycles. The van der Waals surface area contributed by atoms with Crippen LogP contribution < -0.4 is 0 Å². The van der Waals surface area contributed by atoms with Gasteiger partial charge in [0.15, 0.2) is 0 Å². The van der Waals surface area contributed by atoms with Gasteiger partial charge in [0.1, 0.15) is 0 Å². The van der Waals surface area contributed by atoms with Crippen molar-refractivity contribution in [2.24, 2.45) is 0 Å². The predicted octanol–water partition coefficient (Wildman–Crippen LogP) is 3.63. The average molecular weight is 436 g/mol. The highest BCUT2D eigenvalue weighted by Gasteiger charge is 2.27. The number of piperidine rings is 1. The molecule has 4 rings (SSSR count). The highest BCUT2D eigenvalue weighted by atomic mass is 35.5. The summed E-state index contributed by atoms with van der Waals surface area (Å²) in [5, 5.41) is 18.4. The van der Waals surface area contributed by atoms with E-state index in [4.69, 9.17) is 5.26 Å². The Kier molecular flexibility index (Phi) is 8.46. The van der Waals surface area contributed by atoms with E-state index in [1.54, 1.807) is 0 Å². The van der Waals surface area contributed by atoms with E-state index in [2.05, 4.69) is 39.0 Å². The summed E-state index contributed by atoms with van der Waals surface area (Å²) in [6, 6.07) is 21.2. The molecule has 2 aliphatic heterocycles. The molecule has 0 saturated carbocycles. The Morgan fingerprint density at radius 1 is 0.774 bits per heavy atom. The molecule has 2 saturated heterocycles. The molecule has 5 nitrogen and oxygen atoms in total. The van der Waals surface area contributed by atoms with Gasteiger partial charge in [-0.25, -0.2) is 0 Å². The van der Waals surface area contributed by atoms with Gasteiger partial charge in [-0.1, -0.05) is 30.3 Å². The molecule has 0 spiro atoms. The van der Waals surface area contributed by atoms with Gasteiger partial charge in [-0.3, -0.25) is 14.7 Å². The van der Waals surface area contributed by atoms with Crippen LogP contribution in [0.15, 0.2) is 48.5 Å². The molecule has 0 amide bonds. The number of likely N-dealkylation sites (tertiary alicyclic amines) is 1. The topological polar surface area (TPSA) is 57.3 Å². The summed E-state index contributed by atoms with van der Waals surface area (Å²) in [7, 11) is 0. The molecule has 2 fully saturated rings. The summed E-state index contributed by atoms with van der Waals surface area (Å²) in [6.07, 6.45) is 2.43. The summed E-state index contributed by atoms with van der Waals surface area (Å²) < 4.78 is 0. The van der Waals surface area contributed by atoms with Crippen LogP contribution in [0.25, 0.3) is 0 Å². The van der Waals surface area contributed by atoms with Crippen LogP contribution in [-0.4, -0.2) is 60.0 Å². The minimum absolute atomic E-state index is 0. The molecule has 2 aromatic rings. The minimum atomic E-state index is 0. The SMILES string of the molecule is Cl.N#Cc1cccc(CN2CCC(N3CCN(Cc4ccccc4C#N)CC3)CC2)c1. The molecular weight excluding hydrogens is 406 g/mol. The third-order valence-corrected chi connectivity index (χ3v) is 6.47. The number of halogens is 1. The summed E-state index contributed by atoms with van der Waals surface area (Å²) >= 11 is 0. The van der Waals surface area contributed by atoms with Crippen molar-refractivity contribution in [1.29, 1.82) is 10.5 Å². The molecule has 0 aromatic heterocycles. The molecule has 2 heterocycles. The van der Waals surface area contributed by atoms with E-state index in [0.29, 0.717) is 6.04 Å². The van der Waals surface area contributed by atoms with Crippen LogP contribution in [0.2, 0.25) is 0 Å². The molecule has 0 unspecified atom stereocenters. The summed E-state index contributed by atoms with van der Waals surface area (Å²) in [4.78, 5) is 7.66. The molecule has 2 aromatic carbocycles. The Morgan fingerprint density at radius 3 is 2.19 bits per heavy atom. The van der Waals surface area contributed by atoms with Gasteiger partial charge >= 0.3 is 0 Å². The van der Waals surface area contributed by atoms with Gasteiger partial charge in [0, 0.05) is 45.3 Å². The normalized spacial score (nSPS) is 18.6. The first kappa shape index (κ1) is 23.3. The van der Waals surface area contributed by atoms with Crippen LogP contribution in [0.4, 0.5) is 0 Å². The van der Waals surface area contributed by atoms with Crippen LogP contribution in [0, 0.1) is 22.7 Å². The molecule has 0 bridgehead atoms. The number of rotatable bonds is 5. The number of nitrogens with zero attached hydrogens (tertiary/aromatic N) is 5. The van der Waals surface area contributed by atoms with Crippen molar-refractivity contribution in [3.8, 4) is 12.1 Å². The molecule has 0 radical (unpaired) electrons. The van der Waals surface area contributed by atoms with E-state index in [1.165, 1.54) is 18.4 Å². The Hall–Kier alpha value is -2.41. The van der Waals surface area contributed by atoms with Crippen molar-refractivity contribution in [2.75, 3.05) is 39.3 Å². The van der Waals surface area contributed by atoms with Crippen molar-refractivity contribution in [1.82, 2.24) is 14.7 Å². The Labute approximate surface area is 191 Å². The van der Waals surface area contributed by atoms with Crippen molar-refractivity contribution in [3.63, 3.8) is 0 Å². The van der Waals surface area contributed by atoms with Gasteiger partial charge in [-0.2, -0.15) is 10.5 Å². The third-order valence-electron chi connectivity index (χ3n) is 6.47. The zero-order valence-electron chi connectivity index (χ0n) is 17.9. The molecule has 0 N–H and O–H groups in total. The van der Waals surface area contributed by atoms with Crippen LogP contribution in [0.5, 0.6) is 0 Å². The fourth-order valence-electron chi connectivity index (χ4n) is 4.73. The van der Waals surface area contributed by atoms with Gasteiger partial charge in [-0.15, -0.1) is 12.4 Å². The van der Waals surface area contributed by atoms with Gasteiger partial charge in [0.25, 0.3) is 0 Å². The minimum Gasteiger partial charge on any atom is -0.299 e. The van der Waals surface area contributed by atoms with E-state index >= 15 is 0 Å². The monoisotopic (exact) mass is 435 g/mol. The number of piperazine rings is 1. The Morgan fingerprint density at radius 2 is 1.48 bits per heavy atom. The molecule has 0 atom stereocenters. The molecular formula is C25H30ClN5. The van der Waals surface area contributed by atoms with Gasteiger partial charge in [0.2, 0.25) is 0 Å². The summed E-state index contributed by atoms with van der Waals surface area (Å²) in [6.45, 7) is 8.43. The van der Waals surface area contributed by atoms with E-state index < -0.39 is 0 Å². The van der Waals surface area contributed by atoms with Gasteiger partial charge in [0.05, 0.1) is 23.3 Å². The Bertz CT molecular complexity index is 931. The fourth-order valence-corrected chi connectivity index (χ4v) is 4.73. The summed E-state index contributed by atoms with van der Waals surface area (Å²) in [5.41, 5.74) is 3.92. The van der Waals surface area contributed by atoms with Crippen LogP contribution in [-0.2, 0) is 13.1 Å². The molecule has 6 heteroatoms. The van der Waals surface area contributed by atoms with Crippen molar-refractivity contribution in [2.45, 2.75) is 32.0 Å². The predicted molar refractivity (Wildman–Crippen MR) is 125 cm³/mol. The highest BCUT2D eigenvalue weighted by molar-refractivity contribution is 5.85. The van der Waals surface area contributed by atoms with E-state index in [0.717, 1.165) is 69.0 Å². The quantitative estimate of drug-likeness (QED) is 0.717.